The Labute approximate surface area is 327 Å². The van der Waals surface area contributed by atoms with Crippen LogP contribution in [0.15, 0.2) is 180 Å². The summed E-state index contributed by atoms with van der Waals surface area (Å²) in [4.78, 5) is 2.60. The molecule has 3 nitrogen and oxygen atoms in total. The van der Waals surface area contributed by atoms with E-state index in [-0.39, 0.29) is 6.85 Å². The maximum absolute atomic E-state index is 6.89. The van der Waals surface area contributed by atoms with E-state index in [0.717, 1.165) is 16.6 Å². The average Bonchev–Trinajstić information content (AvgIpc) is 3.91. The van der Waals surface area contributed by atoms with Crippen LogP contribution in [0, 0.1) is 0 Å². The molecule has 11 aromatic rings. The molecule has 0 radical (unpaired) electrons. The topological polar surface area (TPSA) is 21.3 Å². The van der Waals surface area contributed by atoms with Crippen LogP contribution in [-0.4, -0.2) is 11.3 Å². The number of para-hydroxylation sites is 4. The second-order valence-corrected chi connectivity index (χ2v) is 16.3. The first kappa shape index (κ1) is 29.1. The van der Waals surface area contributed by atoms with Gasteiger partial charge in [-0.1, -0.05) is 158 Å². The first-order valence-corrected chi connectivity index (χ1v) is 20.0. The summed E-state index contributed by atoms with van der Waals surface area (Å²) in [5, 5.41) is 7.48. The zero-order valence-corrected chi connectivity index (χ0v) is 30.6. The number of nitrogens with zero attached hydrogens (tertiary/aromatic N) is 2. The third-order valence-corrected chi connectivity index (χ3v) is 13.9. The number of anilines is 3. The van der Waals surface area contributed by atoms with E-state index in [2.05, 4.69) is 185 Å². The van der Waals surface area contributed by atoms with Gasteiger partial charge in [-0.15, -0.1) is 0 Å². The molecule has 1 spiro atoms. The van der Waals surface area contributed by atoms with Gasteiger partial charge in [0.25, 0.3) is 0 Å². The standard InChI is InChI=1S/C53H29BN2O/c1-2-14-31-30(13-1)27-28-35-34-18-11-19-37-48-47-36-17-5-10-26-45(36)57-46(47)29-44-49(48)54(56(50(31)35)51(34)37)42-24-12-23-41-52(42)55(44)43-25-9-8-22-40(43)53(41)38-20-6-3-15-32(38)33-16-4-7-21-39(33)53/h1-29H. The fraction of sp³-hybridized carbons (Fsp3) is 0.0189. The lowest BCUT2D eigenvalue weighted by Gasteiger charge is -2.49. The number of rotatable bonds is 0. The fourth-order valence-corrected chi connectivity index (χ4v) is 12.0. The molecule has 5 heterocycles. The quantitative estimate of drug-likeness (QED) is 0.146. The highest BCUT2D eigenvalue weighted by atomic mass is 16.3. The number of benzene rings is 9. The minimum Gasteiger partial charge on any atom is -0.456 e. The smallest absolute Gasteiger partial charge is 0.333 e. The molecule has 3 aliphatic heterocycles. The van der Waals surface area contributed by atoms with Crippen LogP contribution < -0.4 is 15.8 Å². The van der Waals surface area contributed by atoms with Crippen LogP contribution in [0.2, 0.25) is 0 Å². The SMILES string of the molecule is c1ccc2c(c1)-c1ccccc1C21c2ccccc2N2c3cc4oc5ccccc5c4c4c3B(c3cccc1c32)n1c2c-4cccc2c2ccc3ccccc3c21. The van der Waals surface area contributed by atoms with E-state index in [1.54, 1.807) is 0 Å². The van der Waals surface area contributed by atoms with Gasteiger partial charge in [0.05, 0.1) is 11.1 Å². The first-order chi connectivity index (χ1) is 28.3. The molecule has 9 aromatic carbocycles. The Bertz CT molecular complexity index is 3640. The number of fused-ring (bicyclic) bond motifs is 22. The third-order valence-electron chi connectivity index (χ3n) is 13.9. The predicted molar refractivity (Wildman–Crippen MR) is 236 cm³/mol. The lowest BCUT2D eigenvalue weighted by Crippen LogP contribution is -2.58. The number of aromatic nitrogens is 1. The van der Waals surface area contributed by atoms with Gasteiger partial charge in [-0.05, 0) is 67.4 Å². The predicted octanol–water partition coefficient (Wildman–Crippen LogP) is 11.9. The maximum Gasteiger partial charge on any atom is 0.333 e. The molecule has 0 atom stereocenters. The Morgan fingerprint density at radius 2 is 1.11 bits per heavy atom. The van der Waals surface area contributed by atoms with Gasteiger partial charge in [-0.3, -0.25) is 0 Å². The molecule has 0 amide bonds. The van der Waals surface area contributed by atoms with Crippen LogP contribution in [0.3, 0.4) is 0 Å². The van der Waals surface area contributed by atoms with Gasteiger partial charge < -0.3 is 13.8 Å². The molecule has 0 saturated carbocycles. The Balaban J connectivity index is 1.20. The second-order valence-electron chi connectivity index (χ2n) is 16.3. The molecule has 0 saturated heterocycles. The Hall–Kier alpha value is -7.30. The van der Waals surface area contributed by atoms with Crippen molar-refractivity contribution in [2.45, 2.75) is 5.41 Å². The molecule has 4 heteroatoms. The second kappa shape index (κ2) is 9.73. The van der Waals surface area contributed by atoms with E-state index < -0.39 is 5.41 Å². The molecule has 1 aliphatic carbocycles. The van der Waals surface area contributed by atoms with Crippen molar-refractivity contribution in [3.05, 3.63) is 198 Å². The summed E-state index contributed by atoms with van der Waals surface area (Å²) in [5.41, 5.74) is 20.8. The van der Waals surface area contributed by atoms with Crippen molar-refractivity contribution in [2.75, 3.05) is 4.90 Å². The molecule has 2 aromatic heterocycles. The fourth-order valence-electron chi connectivity index (χ4n) is 12.0. The molecule has 260 valence electrons. The molecule has 57 heavy (non-hydrogen) atoms. The summed E-state index contributed by atoms with van der Waals surface area (Å²) in [7, 11) is 0. The Morgan fingerprint density at radius 1 is 0.456 bits per heavy atom. The van der Waals surface area contributed by atoms with Gasteiger partial charge >= 0.3 is 6.85 Å². The first-order valence-electron chi connectivity index (χ1n) is 20.0. The Morgan fingerprint density at radius 3 is 1.96 bits per heavy atom. The van der Waals surface area contributed by atoms with Gasteiger partial charge in [0.15, 0.2) is 0 Å². The van der Waals surface area contributed by atoms with Crippen molar-refractivity contribution in [3.8, 4) is 22.3 Å². The van der Waals surface area contributed by atoms with Crippen LogP contribution in [0.1, 0.15) is 22.3 Å². The van der Waals surface area contributed by atoms with Gasteiger partial charge in [-0.2, -0.15) is 0 Å². The van der Waals surface area contributed by atoms with Gasteiger partial charge in [0.2, 0.25) is 0 Å². The molecular weight excluding hydrogens is 691 g/mol. The molecule has 0 bridgehead atoms. The van der Waals surface area contributed by atoms with Gasteiger partial charge in [0, 0.05) is 61.0 Å². The lowest BCUT2D eigenvalue weighted by molar-refractivity contribution is 0.669. The highest BCUT2D eigenvalue weighted by Crippen LogP contribution is 2.64. The minimum absolute atomic E-state index is 0.0887. The molecular formula is C53H29BN2O. The van der Waals surface area contributed by atoms with Crippen LogP contribution in [0.25, 0.3) is 76.8 Å². The lowest BCUT2D eigenvalue weighted by atomic mass is 9.43. The summed E-state index contributed by atoms with van der Waals surface area (Å²) in [6, 6.07) is 66.1. The molecule has 0 N–H and O–H groups in total. The van der Waals surface area contributed by atoms with Gasteiger partial charge in [0.1, 0.15) is 11.2 Å². The summed E-state index contributed by atoms with van der Waals surface area (Å²) < 4.78 is 9.61. The van der Waals surface area contributed by atoms with Crippen molar-refractivity contribution < 1.29 is 4.42 Å². The number of hydrogen-bond donors (Lipinski definition) is 0. The monoisotopic (exact) mass is 720 g/mol. The van der Waals surface area contributed by atoms with E-state index in [1.807, 2.05) is 0 Å². The summed E-state index contributed by atoms with van der Waals surface area (Å²) in [6.45, 7) is -0.0887. The van der Waals surface area contributed by atoms with E-state index in [9.17, 15) is 0 Å². The zero-order chi connectivity index (χ0) is 36.7. The van der Waals surface area contributed by atoms with Crippen molar-refractivity contribution >= 4 is 89.4 Å². The van der Waals surface area contributed by atoms with Crippen LogP contribution in [0.5, 0.6) is 0 Å². The van der Waals surface area contributed by atoms with E-state index >= 15 is 0 Å². The number of furan rings is 1. The van der Waals surface area contributed by atoms with Crippen molar-refractivity contribution in [2.24, 2.45) is 0 Å². The summed E-state index contributed by atoms with van der Waals surface area (Å²) in [5.74, 6) is 0. The van der Waals surface area contributed by atoms with Crippen molar-refractivity contribution in [1.82, 2.24) is 4.48 Å². The minimum atomic E-state index is -0.497. The van der Waals surface area contributed by atoms with Crippen LogP contribution >= 0.6 is 0 Å². The summed E-state index contributed by atoms with van der Waals surface area (Å²) in [6.07, 6.45) is 0. The van der Waals surface area contributed by atoms with Crippen LogP contribution in [-0.2, 0) is 5.41 Å². The molecule has 15 rings (SSSR count). The molecule has 4 aliphatic rings. The largest absolute Gasteiger partial charge is 0.456 e. The maximum atomic E-state index is 6.89. The van der Waals surface area contributed by atoms with E-state index in [0.29, 0.717) is 0 Å². The van der Waals surface area contributed by atoms with E-state index in [1.165, 1.54) is 110 Å². The van der Waals surface area contributed by atoms with Gasteiger partial charge in [-0.25, -0.2) is 0 Å². The Kier molecular flexibility index (Phi) is 4.96. The van der Waals surface area contributed by atoms with E-state index in [4.69, 9.17) is 4.42 Å². The highest BCUT2D eigenvalue weighted by molar-refractivity contribution is 6.90. The summed E-state index contributed by atoms with van der Waals surface area (Å²) >= 11 is 0. The van der Waals surface area contributed by atoms with Crippen molar-refractivity contribution in [3.63, 3.8) is 0 Å². The van der Waals surface area contributed by atoms with Crippen molar-refractivity contribution in [1.29, 1.82) is 0 Å². The molecule has 0 unspecified atom stereocenters. The zero-order valence-electron chi connectivity index (χ0n) is 30.6. The normalized spacial score (nSPS) is 14.7. The number of hydrogen-bond acceptors (Lipinski definition) is 2. The molecule has 0 fully saturated rings. The third kappa shape index (κ3) is 3.11. The average molecular weight is 721 g/mol. The van der Waals surface area contributed by atoms with Crippen LogP contribution in [0.4, 0.5) is 17.1 Å². The highest BCUT2D eigenvalue weighted by Gasteiger charge is 2.55.